The minimum absolute atomic E-state index is 0.0439. The Kier molecular flexibility index (Phi) is 3.15. The van der Waals surface area contributed by atoms with Gasteiger partial charge in [-0.2, -0.15) is 0 Å². The van der Waals surface area contributed by atoms with Crippen molar-refractivity contribution in [3.05, 3.63) is 0 Å². The summed E-state index contributed by atoms with van der Waals surface area (Å²) in [6.07, 6.45) is 8.96. The Labute approximate surface area is 111 Å². The molecule has 0 aromatic heterocycles. The Bertz CT molecular complexity index is 301. The second kappa shape index (κ2) is 4.54. The molecule has 102 valence electrons. The second-order valence-corrected chi connectivity index (χ2v) is 7.42. The molecule has 4 rings (SSSR count). The summed E-state index contributed by atoms with van der Waals surface area (Å²) in [7, 11) is 0. The minimum atomic E-state index is 0.0439. The van der Waals surface area contributed by atoms with E-state index in [1.54, 1.807) is 0 Å². The molecule has 18 heavy (non-hydrogen) atoms. The standard InChI is InChI=1S/C16H27NO/c1-3-11(2)10-17-15(18)16-7-12-4-13(8-16)6-14(5-12)9-16/h11-14H,3-10H2,1-2H3,(H,17,18)/t11-,12?,13?,14?,16?/m0/s1. The Morgan fingerprint density at radius 2 is 1.67 bits per heavy atom. The summed E-state index contributed by atoms with van der Waals surface area (Å²) in [4.78, 5) is 12.6. The van der Waals surface area contributed by atoms with Crippen LogP contribution in [0.15, 0.2) is 0 Å². The molecule has 2 heteroatoms. The normalized spacial score (nSPS) is 42.9. The van der Waals surface area contributed by atoms with E-state index in [1.807, 2.05) is 0 Å². The molecule has 4 bridgehead atoms. The van der Waals surface area contributed by atoms with E-state index < -0.39 is 0 Å². The number of rotatable bonds is 4. The molecular formula is C16H27NO. The molecule has 1 N–H and O–H groups in total. The number of hydrogen-bond acceptors (Lipinski definition) is 1. The van der Waals surface area contributed by atoms with Gasteiger partial charge < -0.3 is 5.32 Å². The van der Waals surface area contributed by atoms with Crippen LogP contribution in [0.3, 0.4) is 0 Å². The van der Waals surface area contributed by atoms with Gasteiger partial charge in [-0.15, -0.1) is 0 Å². The van der Waals surface area contributed by atoms with Gasteiger partial charge in [0.05, 0.1) is 0 Å². The average molecular weight is 249 g/mol. The predicted molar refractivity (Wildman–Crippen MR) is 73.1 cm³/mol. The Morgan fingerprint density at radius 1 is 1.17 bits per heavy atom. The van der Waals surface area contributed by atoms with Crippen molar-refractivity contribution in [3.63, 3.8) is 0 Å². The molecule has 0 aromatic rings. The van der Waals surface area contributed by atoms with Gasteiger partial charge in [0.15, 0.2) is 0 Å². The molecule has 0 saturated heterocycles. The number of carbonyl (C=O) groups excluding carboxylic acids is 1. The molecule has 0 heterocycles. The number of hydrogen-bond donors (Lipinski definition) is 1. The number of carbonyl (C=O) groups is 1. The van der Waals surface area contributed by atoms with E-state index in [0.29, 0.717) is 11.8 Å². The van der Waals surface area contributed by atoms with Gasteiger partial charge in [0, 0.05) is 12.0 Å². The zero-order chi connectivity index (χ0) is 12.8. The first-order valence-corrected chi connectivity index (χ1v) is 7.89. The van der Waals surface area contributed by atoms with Gasteiger partial charge in [-0.3, -0.25) is 4.79 Å². The minimum Gasteiger partial charge on any atom is -0.355 e. The molecule has 1 atom stereocenters. The fourth-order valence-corrected chi connectivity index (χ4v) is 4.99. The highest BCUT2D eigenvalue weighted by Crippen LogP contribution is 2.60. The summed E-state index contributed by atoms with van der Waals surface area (Å²) in [5.74, 6) is 3.60. The van der Waals surface area contributed by atoms with Gasteiger partial charge in [0.25, 0.3) is 0 Å². The highest BCUT2D eigenvalue weighted by Gasteiger charge is 2.54. The van der Waals surface area contributed by atoms with E-state index in [9.17, 15) is 4.79 Å². The summed E-state index contributed by atoms with van der Waals surface area (Å²) in [5, 5.41) is 3.25. The highest BCUT2D eigenvalue weighted by molar-refractivity contribution is 5.83. The van der Waals surface area contributed by atoms with Crippen LogP contribution in [-0.2, 0) is 4.79 Å². The summed E-state index contributed by atoms with van der Waals surface area (Å²) in [5.41, 5.74) is 0.0439. The second-order valence-electron chi connectivity index (χ2n) is 7.42. The monoisotopic (exact) mass is 249 g/mol. The fraction of sp³-hybridized carbons (Fsp3) is 0.938. The maximum atomic E-state index is 12.6. The molecule has 1 amide bonds. The summed E-state index contributed by atoms with van der Waals surface area (Å²) < 4.78 is 0. The lowest BCUT2D eigenvalue weighted by atomic mass is 9.49. The molecule has 4 saturated carbocycles. The molecule has 4 aliphatic rings. The average Bonchev–Trinajstić information content (AvgIpc) is 2.33. The van der Waals surface area contributed by atoms with Gasteiger partial charge in [-0.1, -0.05) is 20.3 Å². The lowest BCUT2D eigenvalue weighted by molar-refractivity contribution is -0.146. The van der Waals surface area contributed by atoms with Crippen LogP contribution in [0.1, 0.15) is 58.8 Å². The first-order chi connectivity index (χ1) is 8.61. The van der Waals surface area contributed by atoms with Crippen molar-refractivity contribution in [2.75, 3.05) is 6.54 Å². The van der Waals surface area contributed by atoms with Crippen LogP contribution in [0.25, 0.3) is 0 Å². The van der Waals surface area contributed by atoms with Crippen molar-refractivity contribution in [3.8, 4) is 0 Å². The van der Waals surface area contributed by atoms with Crippen LogP contribution in [0.4, 0.5) is 0 Å². The molecule has 4 aliphatic carbocycles. The van der Waals surface area contributed by atoms with Crippen LogP contribution < -0.4 is 5.32 Å². The zero-order valence-electron chi connectivity index (χ0n) is 11.9. The Morgan fingerprint density at radius 3 is 2.11 bits per heavy atom. The van der Waals surface area contributed by atoms with Crippen molar-refractivity contribution in [2.24, 2.45) is 29.1 Å². The van der Waals surface area contributed by atoms with E-state index in [4.69, 9.17) is 0 Å². The molecule has 2 nitrogen and oxygen atoms in total. The van der Waals surface area contributed by atoms with E-state index in [0.717, 1.165) is 30.7 Å². The smallest absolute Gasteiger partial charge is 0.226 e. The first-order valence-electron chi connectivity index (χ1n) is 7.89. The molecule has 0 aromatic carbocycles. The summed E-state index contributed by atoms with van der Waals surface area (Å²) >= 11 is 0. The van der Waals surface area contributed by atoms with E-state index >= 15 is 0 Å². The van der Waals surface area contributed by atoms with Gasteiger partial charge in [-0.25, -0.2) is 0 Å². The summed E-state index contributed by atoms with van der Waals surface area (Å²) in [6.45, 7) is 5.29. The lowest BCUT2D eigenvalue weighted by Crippen LogP contribution is -2.54. The number of nitrogens with one attached hydrogen (secondary N) is 1. The van der Waals surface area contributed by atoms with Gasteiger partial charge >= 0.3 is 0 Å². The van der Waals surface area contributed by atoms with Gasteiger partial charge in [-0.05, 0) is 62.2 Å². The van der Waals surface area contributed by atoms with E-state index in [-0.39, 0.29) is 5.41 Å². The van der Waals surface area contributed by atoms with Crippen molar-refractivity contribution in [2.45, 2.75) is 58.8 Å². The third kappa shape index (κ3) is 2.08. The van der Waals surface area contributed by atoms with Crippen LogP contribution in [0.2, 0.25) is 0 Å². The van der Waals surface area contributed by atoms with Crippen LogP contribution in [0.5, 0.6) is 0 Å². The quantitative estimate of drug-likeness (QED) is 0.813. The van der Waals surface area contributed by atoms with Crippen LogP contribution in [-0.4, -0.2) is 12.5 Å². The third-order valence-corrected chi connectivity index (χ3v) is 5.83. The van der Waals surface area contributed by atoms with E-state index in [2.05, 4.69) is 19.2 Å². The predicted octanol–water partition coefficient (Wildman–Crippen LogP) is 3.37. The molecule has 0 spiro atoms. The summed E-state index contributed by atoms with van der Waals surface area (Å²) in [6, 6.07) is 0. The van der Waals surface area contributed by atoms with E-state index in [1.165, 1.54) is 38.5 Å². The molecule has 0 unspecified atom stereocenters. The molecular weight excluding hydrogens is 222 g/mol. The van der Waals surface area contributed by atoms with Gasteiger partial charge in [0.2, 0.25) is 5.91 Å². The lowest BCUT2D eigenvalue weighted by Gasteiger charge is -2.55. The SMILES string of the molecule is CC[C@H](C)CNC(=O)C12CC3CC(CC(C3)C1)C2. The number of amides is 1. The third-order valence-electron chi connectivity index (χ3n) is 5.83. The maximum Gasteiger partial charge on any atom is 0.226 e. The van der Waals surface area contributed by atoms with Crippen molar-refractivity contribution in [1.29, 1.82) is 0 Å². The van der Waals surface area contributed by atoms with Crippen LogP contribution >= 0.6 is 0 Å². The zero-order valence-corrected chi connectivity index (χ0v) is 11.9. The van der Waals surface area contributed by atoms with Crippen molar-refractivity contribution >= 4 is 5.91 Å². The molecule has 0 radical (unpaired) electrons. The highest BCUT2D eigenvalue weighted by atomic mass is 16.2. The van der Waals surface area contributed by atoms with Crippen molar-refractivity contribution < 1.29 is 4.79 Å². The molecule has 4 fully saturated rings. The first kappa shape index (κ1) is 12.5. The molecule has 0 aliphatic heterocycles. The topological polar surface area (TPSA) is 29.1 Å². The fourth-order valence-electron chi connectivity index (χ4n) is 4.99. The Hall–Kier alpha value is -0.530. The van der Waals surface area contributed by atoms with Gasteiger partial charge in [0.1, 0.15) is 0 Å². The van der Waals surface area contributed by atoms with Crippen molar-refractivity contribution in [1.82, 2.24) is 5.32 Å². The maximum absolute atomic E-state index is 12.6. The largest absolute Gasteiger partial charge is 0.355 e. The van der Waals surface area contributed by atoms with Crippen LogP contribution in [0, 0.1) is 29.1 Å². The Balaban J connectivity index is 1.66.